The number of benzene rings is 2. The number of hydrogen-bond donors (Lipinski definition) is 0. The van der Waals surface area contributed by atoms with E-state index in [1.54, 1.807) is 0 Å². The van der Waals surface area contributed by atoms with Crippen molar-refractivity contribution in [2.75, 3.05) is 0 Å². The minimum absolute atomic E-state index is 0.198. The maximum Gasteiger partial charge on any atom is 0.131 e. The first-order chi connectivity index (χ1) is 24.5. The standard InChI is InChI=1S/C48H47NO/c1-33-17-15-20-37(31-33)35(3)49-45(32-34(2)39-25-16-19-36-18-7-8-23-40(36)39)41-24-9-10-26-42(41)48(38-21-5-4-6-22-38)43-27-11-13-29-46(43)50-47-30-14-12-28-44(47)48/h4-8,10-13,15-16,18-23,25-29,31-34,36,40H,9,14,17,24,30H2,1-3H3/b45-32-,49-35+. The van der Waals surface area contributed by atoms with E-state index >= 15 is 0 Å². The van der Waals surface area contributed by atoms with E-state index in [2.05, 4.69) is 167 Å². The fourth-order valence-corrected chi connectivity index (χ4v) is 8.82. The van der Waals surface area contributed by atoms with E-state index in [9.17, 15) is 0 Å². The highest BCUT2D eigenvalue weighted by atomic mass is 16.5. The molecule has 6 aliphatic rings. The highest BCUT2D eigenvalue weighted by molar-refractivity contribution is 6.01. The minimum atomic E-state index is -0.548. The molecular weight excluding hydrogens is 607 g/mol. The lowest BCUT2D eigenvalue weighted by Gasteiger charge is -2.45. The summed E-state index contributed by atoms with van der Waals surface area (Å²) >= 11 is 0. The molecule has 0 aromatic heterocycles. The number of hydrogen-bond acceptors (Lipinski definition) is 2. The van der Waals surface area contributed by atoms with Gasteiger partial charge in [0.15, 0.2) is 0 Å². The van der Waals surface area contributed by atoms with Crippen molar-refractivity contribution < 1.29 is 4.74 Å². The van der Waals surface area contributed by atoms with Crippen molar-refractivity contribution in [3.05, 3.63) is 196 Å². The number of rotatable bonds is 7. The molecule has 0 radical (unpaired) electrons. The van der Waals surface area contributed by atoms with Crippen LogP contribution in [0.25, 0.3) is 0 Å². The van der Waals surface area contributed by atoms with E-state index in [1.807, 2.05) is 0 Å². The van der Waals surface area contributed by atoms with Gasteiger partial charge in [-0.25, -0.2) is 0 Å². The van der Waals surface area contributed by atoms with Crippen LogP contribution < -0.4 is 4.74 Å². The van der Waals surface area contributed by atoms with Crippen LogP contribution in [0.4, 0.5) is 0 Å². The molecule has 0 saturated carbocycles. The van der Waals surface area contributed by atoms with Crippen LogP contribution in [0.5, 0.6) is 5.75 Å². The normalized spacial score (nSPS) is 27.7. The Balaban J connectivity index is 1.39. The van der Waals surface area contributed by atoms with Crippen LogP contribution in [-0.2, 0) is 5.41 Å². The maximum absolute atomic E-state index is 6.75. The monoisotopic (exact) mass is 653 g/mol. The van der Waals surface area contributed by atoms with Gasteiger partial charge in [0.2, 0.25) is 0 Å². The summed E-state index contributed by atoms with van der Waals surface area (Å²) in [7, 11) is 0. The summed E-state index contributed by atoms with van der Waals surface area (Å²) in [5.74, 6) is 3.50. The van der Waals surface area contributed by atoms with E-state index in [0.29, 0.717) is 17.8 Å². The van der Waals surface area contributed by atoms with Crippen molar-refractivity contribution in [1.82, 2.24) is 0 Å². The first kappa shape index (κ1) is 32.3. The number of ether oxygens (including phenoxy) is 1. The van der Waals surface area contributed by atoms with E-state index < -0.39 is 5.41 Å². The minimum Gasteiger partial charge on any atom is -0.461 e. The van der Waals surface area contributed by atoms with Gasteiger partial charge in [-0.05, 0) is 72.8 Å². The molecule has 0 fully saturated rings. The third-order valence-electron chi connectivity index (χ3n) is 11.2. The number of aliphatic imine (C=N–C) groups is 1. The SMILES string of the molecule is C/C(=N\C(=C/C(C)C1=CC=CC2C=CC=CC12)C1=C(C2(c3ccccc3)C3=C(CCC=C3)Oc3ccccc32)C=CCC1)C1=CC(C)CC=C1. The lowest BCUT2D eigenvalue weighted by atomic mass is 9.59. The predicted octanol–water partition coefficient (Wildman–Crippen LogP) is 12.0. The summed E-state index contributed by atoms with van der Waals surface area (Å²) < 4.78 is 6.75. The third kappa shape index (κ3) is 5.75. The van der Waals surface area contributed by atoms with Gasteiger partial charge < -0.3 is 4.74 Å². The second kappa shape index (κ2) is 13.8. The Labute approximate surface area is 298 Å². The summed E-state index contributed by atoms with van der Waals surface area (Å²) in [5, 5.41) is 0. The molecule has 5 unspecified atom stereocenters. The van der Waals surface area contributed by atoms with E-state index in [-0.39, 0.29) is 5.92 Å². The quantitative estimate of drug-likeness (QED) is 0.273. The molecule has 2 nitrogen and oxygen atoms in total. The van der Waals surface area contributed by atoms with E-state index in [1.165, 1.54) is 39.0 Å². The van der Waals surface area contributed by atoms with Gasteiger partial charge in [0.05, 0.1) is 11.1 Å². The number of para-hydroxylation sites is 1. The van der Waals surface area contributed by atoms with Gasteiger partial charge in [0.25, 0.3) is 0 Å². The van der Waals surface area contributed by atoms with Gasteiger partial charge in [-0.3, -0.25) is 4.99 Å². The zero-order valence-electron chi connectivity index (χ0n) is 29.6. The molecule has 2 heteroatoms. The van der Waals surface area contributed by atoms with Crippen LogP contribution in [0.2, 0.25) is 0 Å². The first-order valence-corrected chi connectivity index (χ1v) is 18.6. The van der Waals surface area contributed by atoms with Crippen molar-refractivity contribution >= 4 is 5.71 Å². The van der Waals surface area contributed by atoms with Crippen molar-refractivity contribution in [3.8, 4) is 5.75 Å². The number of fused-ring (bicyclic) bond motifs is 2. The summed E-state index contributed by atoms with van der Waals surface area (Å²) in [6.07, 6.45) is 39.8. The summed E-state index contributed by atoms with van der Waals surface area (Å²) in [6.45, 7) is 6.85. The molecule has 0 amide bonds. The zero-order valence-corrected chi connectivity index (χ0v) is 29.6. The molecular formula is C48H47NO. The Hall–Kier alpha value is -4.95. The van der Waals surface area contributed by atoms with Gasteiger partial charge in [-0.1, -0.05) is 159 Å². The van der Waals surface area contributed by atoms with Crippen molar-refractivity contribution in [2.24, 2.45) is 28.7 Å². The second-order valence-corrected chi connectivity index (χ2v) is 14.5. The largest absolute Gasteiger partial charge is 0.461 e. The smallest absolute Gasteiger partial charge is 0.131 e. The van der Waals surface area contributed by atoms with Crippen LogP contribution in [0.3, 0.4) is 0 Å². The molecule has 1 heterocycles. The average molecular weight is 654 g/mol. The van der Waals surface area contributed by atoms with E-state index in [0.717, 1.165) is 55.0 Å². The van der Waals surface area contributed by atoms with Crippen LogP contribution in [0, 0.1) is 23.7 Å². The zero-order chi connectivity index (χ0) is 34.1. The molecule has 250 valence electrons. The Morgan fingerprint density at radius 1 is 0.860 bits per heavy atom. The Morgan fingerprint density at radius 2 is 1.62 bits per heavy atom. The highest BCUT2D eigenvalue weighted by Gasteiger charge is 2.48. The van der Waals surface area contributed by atoms with Gasteiger partial charge in [-0.2, -0.15) is 0 Å². The number of allylic oxidation sites excluding steroid dienone is 21. The lowest BCUT2D eigenvalue weighted by molar-refractivity contribution is 0.362. The van der Waals surface area contributed by atoms with Gasteiger partial charge in [-0.15, -0.1) is 0 Å². The Morgan fingerprint density at radius 3 is 2.48 bits per heavy atom. The van der Waals surface area contributed by atoms with Crippen LogP contribution in [0.1, 0.15) is 64.0 Å². The van der Waals surface area contributed by atoms with Crippen LogP contribution in [0.15, 0.2) is 190 Å². The molecule has 2 aromatic carbocycles. The van der Waals surface area contributed by atoms with E-state index in [4.69, 9.17) is 9.73 Å². The van der Waals surface area contributed by atoms with Crippen LogP contribution >= 0.6 is 0 Å². The molecule has 0 spiro atoms. The maximum atomic E-state index is 6.75. The molecule has 1 aliphatic heterocycles. The predicted molar refractivity (Wildman–Crippen MR) is 209 cm³/mol. The Kier molecular flexibility index (Phi) is 8.87. The molecule has 0 bridgehead atoms. The molecule has 2 aromatic rings. The van der Waals surface area contributed by atoms with Gasteiger partial charge in [0.1, 0.15) is 11.5 Å². The molecule has 5 atom stereocenters. The van der Waals surface area contributed by atoms with Crippen molar-refractivity contribution in [2.45, 2.75) is 58.3 Å². The summed E-state index contributed by atoms with van der Waals surface area (Å²) in [5.41, 5.74) is 10.6. The Bertz CT molecular complexity index is 2050. The van der Waals surface area contributed by atoms with Gasteiger partial charge in [0, 0.05) is 35.1 Å². The third-order valence-corrected chi connectivity index (χ3v) is 11.2. The molecule has 8 rings (SSSR count). The second-order valence-electron chi connectivity index (χ2n) is 14.5. The highest BCUT2D eigenvalue weighted by Crippen LogP contribution is 2.57. The van der Waals surface area contributed by atoms with Crippen LogP contribution in [-0.4, -0.2) is 5.71 Å². The molecule has 0 saturated heterocycles. The fourth-order valence-electron chi connectivity index (χ4n) is 8.82. The van der Waals surface area contributed by atoms with Crippen molar-refractivity contribution in [1.29, 1.82) is 0 Å². The number of nitrogens with zero attached hydrogens (tertiary/aromatic N) is 1. The summed E-state index contributed by atoms with van der Waals surface area (Å²) in [6, 6.07) is 19.8. The fraction of sp³-hybridized carbons (Fsp3) is 0.271. The molecule has 5 aliphatic carbocycles. The summed E-state index contributed by atoms with van der Waals surface area (Å²) in [4.78, 5) is 5.65. The lowest BCUT2D eigenvalue weighted by Crippen LogP contribution is -2.38. The van der Waals surface area contributed by atoms with Crippen molar-refractivity contribution in [3.63, 3.8) is 0 Å². The first-order valence-electron chi connectivity index (χ1n) is 18.6. The topological polar surface area (TPSA) is 21.6 Å². The average Bonchev–Trinajstić information content (AvgIpc) is 3.17. The molecule has 50 heavy (non-hydrogen) atoms. The molecule has 0 N–H and O–H groups in total. The van der Waals surface area contributed by atoms with Gasteiger partial charge >= 0.3 is 0 Å².